The molecule has 51 heavy (non-hydrogen) atoms. The number of ether oxygens (including phenoxy) is 1. The molecule has 0 aliphatic heterocycles. The number of primary amides is 1. The number of rotatable bonds is 21. The summed E-state index contributed by atoms with van der Waals surface area (Å²) < 4.78 is 4.87. The number of aryl methyl sites for hydroxylation is 2. The number of phenolic OH excluding ortho intramolecular Hbond substituents is 1. The smallest absolute Gasteiger partial charge is 0.407 e. The van der Waals surface area contributed by atoms with Gasteiger partial charge in [-0.3, -0.25) is 24.2 Å². The van der Waals surface area contributed by atoms with Crippen LogP contribution in [0.25, 0.3) is 0 Å². The number of phenols is 1. The Balaban J connectivity index is 2.32. The fraction of sp³-hybridized carbons (Fsp3) is 0.486. The summed E-state index contributed by atoms with van der Waals surface area (Å²) in [5.41, 5.74) is 25.4. The second-order valence-electron chi connectivity index (χ2n) is 12.2. The zero-order chi connectivity index (χ0) is 37.9. The third kappa shape index (κ3) is 15.4. The molecule has 5 amide bonds. The molecular weight excluding hydrogens is 658 g/mol. The van der Waals surface area contributed by atoms with Crippen LogP contribution in [0.3, 0.4) is 0 Å². The minimum Gasteiger partial charge on any atom is -0.508 e. The summed E-state index contributed by atoms with van der Waals surface area (Å²) in [5, 5.41) is 20.9. The molecule has 0 spiro atoms. The maximum atomic E-state index is 14.0. The summed E-state index contributed by atoms with van der Waals surface area (Å²) in [5.74, 6) is -2.72. The molecule has 0 heterocycles. The van der Waals surface area contributed by atoms with E-state index in [1.165, 1.54) is 0 Å². The van der Waals surface area contributed by atoms with Crippen molar-refractivity contribution in [1.82, 2.24) is 21.3 Å². The lowest BCUT2D eigenvalue weighted by Gasteiger charge is -2.26. The number of hydrogen-bond donors (Lipinski definition) is 9. The zero-order valence-corrected chi connectivity index (χ0v) is 29.6. The lowest BCUT2D eigenvalue weighted by Crippen LogP contribution is -2.58. The van der Waals surface area contributed by atoms with Gasteiger partial charge < -0.3 is 54.0 Å². The van der Waals surface area contributed by atoms with Crippen LogP contribution in [0.5, 0.6) is 5.75 Å². The monoisotopic (exact) mass is 711 g/mol. The van der Waals surface area contributed by atoms with Crippen molar-refractivity contribution in [2.75, 3.05) is 19.7 Å². The number of alkyl carbamates (subject to hydrolysis) is 1. The van der Waals surface area contributed by atoms with Crippen molar-refractivity contribution < 1.29 is 33.8 Å². The van der Waals surface area contributed by atoms with Crippen molar-refractivity contribution in [3.05, 3.63) is 64.7 Å². The number of benzene rings is 2. The van der Waals surface area contributed by atoms with Gasteiger partial charge in [0.15, 0.2) is 5.96 Å². The summed E-state index contributed by atoms with van der Waals surface area (Å²) in [7, 11) is 0. The first-order chi connectivity index (χ1) is 24.2. The molecule has 0 aromatic heterocycles. The molecule has 0 unspecified atom stereocenters. The van der Waals surface area contributed by atoms with Crippen molar-refractivity contribution in [1.29, 1.82) is 0 Å². The van der Waals surface area contributed by atoms with Gasteiger partial charge in [-0.15, -0.1) is 0 Å². The number of nitrogens with zero attached hydrogens (tertiary/aromatic N) is 1. The fourth-order valence-corrected chi connectivity index (χ4v) is 5.37. The van der Waals surface area contributed by atoms with Gasteiger partial charge in [-0.05, 0) is 87.3 Å². The van der Waals surface area contributed by atoms with Crippen LogP contribution < -0.4 is 44.2 Å². The molecule has 0 radical (unpaired) electrons. The van der Waals surface area contributed by atoms with Gasteiger partial charge in [0.05, 0.1) is 12.6 Å². The fourth-order valence-electron chi connectivity index (χ4n) is 5.37. The number of nitrogens with two attached hydrogens (primary N) is 4. The molecule has 0 aliphatic carbocycles. The summed E-state index contributed by atoms with van der Waals surface area (Å²) >= 11 is 0. The number of guanidine groups is 1. The number of amides is 5. The highest BCUT2D eigenvalue weighted by Gasteiger charge is 2.31. The maximum absolute atomic E-state index is 14.0. The van der Waals surface area contributed by atoms with E-state index in [-0.39, 0.29) is 57.1 Å². The number of carbonyl (C=O) groups is 5. The van der Waals surface area contributed by atoms with E-state index in [4.69, 9.17) is 27.7 Å². The third-order valence-electron chi connectivity index (χ3n) is 8.07. The number of aliphatic imine (C=N–C) groups is 1. The average molecular weight is 712 g/mol. The predicted octanol–water partition coefficient (Wildman–Crippen LogP) is 0.0312. The summed E-state index contributed by atoms with van der Waals surface area (Å²) in [6.07, 6.45) is 1.18. The van der Waals surface area contributed by atoms with E-state index in [2.05, 4.69) is 26.3 Å². The zero-order valence-electron chi connectivity index (χ0n) is 29.6. The number of carbonyl (C=O) groups excluding carboxylic acids is 5. The van der Waals surface area contributed by atoms with E-state index in [9.17, 15) is 29.1 Å². The molecule has 0 aliphatic rings. The molecule has 0 saturated heterocycles. The Kier molecular flexibility index (Phi) is 17.7. The van der Waals surface area contributed by atoms with Gasteiger partial charge in [-0.25, -0.2) is 4.79 Å². The molecule has 2 aromatic carbocycles. The normalized spacial score (nSPS) is 13.1. The quantitative estimate of drug-likeness (QED) is 0.0476. The van der Waals surface area contributed by atoms with Crippen LogP contribution in [-0.4, -0.2) is 84.7 Å². The van der Waals surface area contributed by atoms with E-state index in [1.54, 1.807) is 57.2 Å². The van der Waals surface area contributed by atoms with Crippen LogP contribution in [-0.2, 0) is 36.8 Å². The molecule has 2 rings (SSSR count). The molecule has 0 bridgehead atoms. The highest BCUT2D eigenvalue weighted by atomic mass is 16.5. The van der Waals surface area contributed by atoms with Crippen molar-refractivity contribution in [3.63, 3.8) is 0 Å². The Hall–Kier alpha value is -5.38. The summed E-state index contributed by atoms with van der Waals surface area (Å²) in [4.78, 5) is 68.9. The summed E-state index contributed by atoms with van der Waals surface area (Å²) in [6.45, 7) is 5.97. The van der Waals surface area contributed by atoms with Crippen LogP contribution in [0, 0.1) is 13.8 Å². The molecule has 16 nitrogen and oxygen atoms in total. The molecular formula is C35H53N9O7. The highest BCUT2D eigenvalue weighted by Crippen LogP contribution is 2.22. The van der Waals surface area contributed by atoms with E-state index in [0.717, 1.165) is 5.56 Å². The van der Waals surface area contributed by atoms with Gasteiger partial charge in [0.1, 0.15) is 23.9 Å². The topological polar surface area (TPSA) is 279 Å². The van der Waals surface area contributed by atoms with Crippen LogP contribution >= 0.6 is 0 Å². The Morgan fingerprint density at radius 1 is 0.804 bits per heavy atom. The number of hydrogen-bond acceptors (Lipinski definition) is 9. The van der Waals surface area contributed by atoms with E-state index in [1.807, 2.05) is 6.07 Å². The van der Waals surface area contributed by atoms with E-state index >= 15 is 0 Å². The molecule has 2 aromatic rings. The Labute approximate surface area is 298 Å². The largest absolute Gasteiger partial charge is 0.508 e. The molecule has 13 N–H and O–H groups in total. The van der Waals surface area contributed by atoms with Crippen LogP contribution in [0.15, 0.2) is 47.5 Å². The highest BCUT2D eigenvalue weighted by molar-refractivity contribution is 5.94. The molecule has 0 saturated carbocycles. The Morgan fingerprint density at radius 2 is 1.41 bits per heavy atom. The lowest BCUT2D eigenvalue weighted by atomic mass is 9.95. The van der Waals surface area contributed by atoms with Gasteiger partial charge >= 0.3 is 6.09 Å². The van der Waals surface area contributed by atoms with Gasteiger partial charge in [-0.1, -0.05) is 30.3 Å². The number of nitrogens with one attached hydrogen (secondary N) is 4. The van der Waals surface area contributed by atoms with E-state index < -0.39 is 53.9 Å². The standard InChI is InChI=1S/C35H53N9O7/c1-4-51-35(50)41-15-9-8-14-27(32(48)43-28(30(37)46)19-23-11-6-5-7-12-23)42-33(49)29(20-25-21(2)17-24(45)18-22(25)3)44-31(47)26(36)13-10-16-40-34(38)39/h5-7,11-12,17-18,26-29,45H,4,8-10,13-16,19-20,36H2,1-3H3,(H2,37,46)(H,41,50)(H,42,49)(H,43,48)(H,44,47)(H4,38,39,40)/t26-,27+,28+,29+/m1/s1. The lowest BCUT2D eigenvalue weighted by molar-refractivity contribution is -0.133. The van der Waals surface area contributed by atoms with Crippen molar-refractivity contribution in [3.8, 4) is 5.75 Å². The van der Waals surface area contributed by atoms with Gasteiger partial charge in [0.2, 0.25) is 23.6 Å². The first kappa shape index (κ1) is 41.8. The second kappa shape index (κ2) is 21.7. The third-order valence-corrected chi connectivity index (χ3v) is 8.07. The van der Waals surface area contributed by atoms with Crippen LogP contribution in [0.2, 0.25) is 0 Å². The number of aromatic hydroxyl groups is 1. The van der Waals surface area contributed by atoms with Crippen molar-refractivity contribution in [2.24, 2.45) is 27.9 Å². The predicted molar refractivity (Wildman–Crippen MR) is 193 cm³/mol. The minimum absolute atomic E-state index is 0.0198. The van der Waals surface area contributed by atoms with Crippen molar-refractivity contribution in [2.45, 2.75) is 89.9 Å². The van der Waals surface area contributed by atoms with E-state index in [0.29, 0.717) is 36.0 Å². The summed E-state index contributed by atoms with van der Waals surface area (Å²) in [6, 6.07) is 7.71. The molecule has 280 valence electrons. The van der Waals surface area contributed by atoms with Crippen LogP contribution in [0.1, 0.15) is 61.3 Å². The Bertz CT molecular complexity index is 1480. The van der Waals surface area contributed by atoms with Gasteiger partial charge in [-0.2, -0.15) is 0 Å². The van der Waals surface area contributed by atoms with Gasteiger partial charge in [0.25, 0.3) is 0 Å². The number of unbranched alkanes of at least 4 members (excludes halogenated alkanes) is 1. The van der Waals surface area contributed by atoms with Crippen LogP contribution in [0.4, 0.5) is 4.79 Å². The average Bonchev–Trinajstić information content (AvgIpc) is 3.06. The maximum Gasteiger partial charge on any atom is 0.407 e. The Morgan fingerprint density at radius 3 is 2.02 bits per heavy atom. The minimum atomic E-state index is -1.18. The first-order valence-electron chi connectivity index (χ1n) is 17.0. The first-order valence-corrected chi connectivity index (χ1v) is 17.0. The van der Waals surface area contributed by atoms with Gasteiger partial charge in [0, 0.05) is 25.9 Å². The molecule has 4 atom stereocenters. The molecule has 0 fully saturated rings. The van der Waals surface area contributed by atoms with Crippen molar-refractivity contribution >= 4 is 35.7 Å². The SMILES string of the molecule is CCOC(=O)NCCCC[C@H](NC(=O)[C@H](Cc1c(C)cc(O)cc1C)NC(=O)[C@H](N)CCCN=C(N)N)C(=O)N[C@@H](Cc1ccccc1)C(N)=O. The molecule has 16 heteroatoms. The second-order valence-corrected chi connectivity index (χ2v) is 12.2.